The maximum Gasteiger partial charge on any atom is 0.235 e. The number of hydrogen-bond donors (Lipinski definition) is 0. The Morgan fingerprint density at radius 3 is 2.75 bits per heavy atom. The minimum Gasteiger partial charge on any atom is -0.211 e. The number of carbonyl (C=O) groups excluding carboxylic acids is 1. The van der Waals surface area contributed by atoms with E-state index in [2.05, 4.69) is 17.1 Å². The molecule has 2 rings (SSSR count). The normalized spacial score (nSPS) is 26.0. The zero-order valence-corrected chi connectivity index (χ0v) is 6.60. The van der Waals surface area contributed by atoms with Gasteiger partial charge in [-0.1, -0.05) is 30.3 Å². The van der Waals surface area contributed by atoms with E-state index in [9.17, 15) is 4.79 Å². The van der Waals surface area contributed by atoms with Gasteiger partial charge in [0.25, 0.3) is 0 Å². The first kappa shape index (κ1) is 7.26. The molecule has 0 spiro atoms. The van der Waals surface area contributed by atoms with E-state index >= 15 is 0 Å². The van der Waals surface area contributed by atoms with E-state index in [0.717, 1.165) is 6.42 Å². The summed E-state index contributed by atoms with van der Waals surface area (Å²) in [5.41, 5.74) is 1.28. The number of isocyanates is 1. The lowest BCUT2D eigenvalue weighted by molar-refractivity contribution is 0.562. The number of hydrogen-bond acceptors (Lipinski definition) is 2. The fourth-order valence-corrected chi connectivity index (χ4v) is 1.45. The van der Waals surface area contributed by atoms with Crippen LogP contribution in [0.4, 0.5) is 0 Å². The molecule has 1 aliphatic carbocycles. The molecule has 12 heavy (non-hydrogen) atoms. The van der Waals surface area contributed by atoms with Crippen molar-refractivity contribution in [1.29, 1.82) is 0 Å². The Hall–Kier alpha value is -1.40. The Labute approximate surface area is 70.9 Å². The summed E-state index contributed by atoms with van der Waals surface area (Å²) >= 11 is 0. The van der Waals surface area contributed by atoms with Crippen LogP contribution in [0.5, 0.6) is 0 Å². The Morgan fingerprint density at radius 1 is 1.33 bits per heavy atom. The van der Waals surface area contributed by atoms with E-state index in [1.807, 2.05) is 18.2 Å². The first-order valence-electron chi connectivity index (χ1n) is 4.04. The van der Waals surface area contributed by atoms with Crippen molar-refractivity contribution >= 4 is 6.08 Å². The number of aliphatic imine (C=N–C) groups is 1. The third-order valence-electron chi connectivity index (χ3n) is 2.20. The highest BCUT2D eigenvalue weighted by Gasteiger charge is 2.38. The predicted octanol–water partition coefficient (Wildman–Crippen LogP) is 1.88. The van der Waals surface area contributed by atoms with Crippen LogP contribution in [0.1, 0.15) is 17.9 Å². The van der Waals surface area contributed by atoms with Crippen LogP contribution < -0.4 is 0 Å². The third kappa shape index (κ3) is 1.29. The van der Waals surface area contributed by atoms with Crippen molar-refractivity contribution in [3.05, 3.63) is 35.9 Å². The predicted molar refractivity (Wildman–Crippen MR) is 45.7 cm³/mol. The van der Waals surface area contributed by atoms with Gasteiger partial charge in [-0.05, 0) is 12.0 Å². The molecule has 0 radical (unpaired) electrons. The van der Waals surface area contributed by atoms with Gasteiger partial charge in [-0.15, -0.1) is 0 Å². The van der Waals surface area contributed by atoms with Crippen LogP contribution in [0.2, 0.25) is 0 Å². The summed E-state index contributed by atoms with van der Waals surface area (Å²) in [6.45, 7) is 0. The monoisotopic (exact) mass is 159 g/mol. The molecule has 0 amide bonds. The van der Waals surface area contributed by atoms with Crippen LogP contribution in [0.25, 0.3) is 0 Å². The molecule has 2 nitrogen and oxygen atoms in total. The van der Waals surface area contributed by atoms with Crippen LogP contribution in [0.3, 0.4) is 0 Å². The van der Waals surface area contributed by atoms with Crippen molar-refractivity contribution < 1.29 is 4.79 Å². The molecule has 1 fully saturated rings. The molecule has 0 bridgehead atoms. The smallest absolute Gasteiger partial charge is 0.211 e. The van der Waals surface area contributed by atoms with Crippen molar-refractivity contribution in [2.24, 2.45) is 4.99 Å². The lowest BCUT2D eigenvalue weighted by Gasteiger charge is -1.94. The third-order valence-corrected chi connectivity index (χ3v) is 2.20. The van der Waals surface area contributed by atoms with Crippen LogP contribution in [-0.4, -0.2) is 12.1 Å². The van der Waals surface area contributed by atoms with Crippen molar-refractivity contribution in [2.75, 3.05) is 0 Å². The second kappa shape index (κ2) is 2.92. The lowest BCUT2D eigenvalue weighted by atomic mass is 10.1. The number of benzene rings is 1. The Bertz CT molecular complexity index is 314. The van der Waals surface area contributed by atoms with Crippen molar-refractivity contribution in [1.82, 2.24) is 0 Å². The molecule has 1 aromatic carbocycles. The van der Waals surface area contributed by atoms with Crippen molar-refractivity contribution in [3.63, 3.8) is 0 Å². The fourth-order valence-electron chi connectivity index (χ4n) is 1.45. The number of nitrogens with zero attached hydrogens (tertiary/aromatic N) is 1. The summed E-state index contributed by atoms with van der Waals surface area (Å²) in [4.78, 5) is 13.6. The van der Waals surface area contributed by atoms with Crippen LogP contribution in [-0.2, 0) is 4.79 Å². The van der Waals surface area contributed by atoms with Gasteiger partial charge in [0.1, 0.15) is 0 Å². The maximum absolute atomic E-state index is 9.94. The molecule has 1 saturated carbocycles. The van der Waals surface area contributed by atoms with Crippen LogP contribution in [0, 0.1) is 0 Å². The molecule has 0 aliphatic heterocycles. The standard InChI is InChI=1S/C10H9NO/c12-7-11-10-6-9(10)8-4-2-1-3-5-8/h1-5,9-10H,6H2/t9?,10-/m0/s1. The average molecular weight is 159 g/mol. The van der Waals surface area contributed by atoms with Crippen LogP contribution >= 0.6 is 0 Å². The summed E-state index contributed by atoms with van der Waals surface area (Å²) in [5.74, 6) is 0.465. The minimum absolute atomic E-state index is 0.199. The van der Waals surface area contributed by atoms with Gasteiger partial charge in [-0.3, -0.25) is 0 Å². The van der Waals surface area contributed by atoms with Gasteiger partial charge in [-0.2, -0.15) is 0 Å². The highest BCUT2D eigenvalue weighted by Crippen LogP contribution is 2.42. The molecule has 1 unspecified atom stereocenters. The zero-order chi connectivity index (χ0) is 8.39. The summed E-state index contributed by atoms with van der Waals surface area (Å²) in [6.07, 6.45) is 2.60. The van der Waals surface area contributed by atoms with Gasteiger partial charge in [0.15, 0.2) is 0 Å². The largest absolute Gasteiger partial charge is 0.235 e. The molecule has 2 atom stereocenters. The quantitative estimate of drug-likeness (QED) is 0.478. The highest BCUT2D eigenvalue weighted by atomic mass is 16.1. The molecular formula is C10H9NO. The van der Waals surface area contributed by atoms with Crippen molar-refractivity contribution in [3.8, 4) is 0 Å². The molecule has 0 N–H and O–H groups in total. The molecule has 0 aromatic heterocycles. The summed E-state index contributed by atoms with van der Waals surface area (Å²) in [7, 11) is 0. The summed E-state index contributed by atoms with van der Waals surface area (Å²) in [6, 6.07) is 10.4. The topological polar surface area (TPSA) is 29.4 Å². The lowest BCUT2D eigenvalue weighted by Crippen LogP contribution is -1.82. The Kier molecular flexibility index (Phi) is 1.77. The molecular weight excluding hydrogens is 150 g/mol. The first-order chi connectivity index (χ1) is 5.92. The van der Waals surface area contributed by atoms with E-state index in [0.29, 0.717) is 5.92 Å². The molecule has 2 heteroatoms. The fraction of sp³-hybridized carbons (Fsp3) is 0.300. The molecule has 60 valence electrons. The van der Waals surface area contributed by atoms with E-state index in [-0.39, 0.29) is 6.04 Å². The van der Waals surface area contributed by atoms with Gasteiger partial charge < -0.3 is 0 Å². The average Bonchev–Trinajstić information content (AvgIpc) is 2.87. The first-order valence-corrected chi connectivity index (χ1v) is 4.04. The van der Waals surface area contributed by atoms with Crippen LogP contribution in [0.15, 0.2) is 35.3 Å². The van der Waals surface area contributed by atoms with Crippen molar-refractivity contribution in [2.45, 2.75) is 18.4 Å². The maximum atomic E-state index is 9.94. The number of rotatable bonds is 2. The second-order valence-electron chi connectivity index (χ2n) is 3.04. The van der Waals surface area contributed by atoms with Gasteiger partial charge in [-0.25, -0.2) is 9.79 Å². The van der Waals surface area contributed by atoms with Gasteiger partial charge >= 0.3 is 0 Å². The van der Waals surface area contributed by atoms with E-state index in [1.165, 1.54) is 5.56 Å². The zero-order valence-electron chi connectivity index (χ0n) is 6.60. The minimum atomic E-state index is 0.199. The van der Waals surface area contributed by atoms with Gasteiger partial charge in [0.05, 0.1) is 6.04 Å². The SMILES string of the molecule is O=C=N[C@H]1CC1c1ccccc1. The molecule has 0 saturated heterocycles. The van der Waals surface area contributed by atoms with Gasteiger partial charge in [0.2, 0.25) is 6.08 Å². The Morgan fingerprint density at radius 2 is 2.08 bits per heavy atom. The molecule has 1 aromatic rings. The van der Waals surface area contributed by atoms with E-state index < -0.39 is 0 Å². The van der Waals surface area contributed by atoms with Gasteiger partial charge in [0, 0.05) is 5.92 Å². The summed E-state index contributed by atoms with van der Waals surface area (Å²) in [5, 5.41) is 0. The Balaban J connectivity index is 2.11. The van der Waals surface area contributed by atoms with E-state index in [1.54, 1.807) is 6.08 Å². The summed E-state index contributed by atoms with van der Waals surface area (Å²) < 4.78 is 0. The highest BCUT2D eigenvalue weighted by molar-refractivity contribution is 5.37. The second-order valence-corrected chi connectivity index (χ2v) is 3.04. The molecule has 0 heterocycles. The molecule has 1 aliphatic rings. The van der Waals surface area contributed by atoms with E-state index in [4.69, 9.17) is 0 Å².